The van der Waals surface area contributed by atoms with Gasteiger partial charge in [0.05, 0.1) is 0 Å². The summed E-state index contributed by atoms with van der Waals surface area (Å²) >= 11 is 0. The van der Waals surface area contributed by atoms with Crippen molar-refractivity contribution in [3.8, 4) is 0 Å². The molecule has 3 rings (SSSR count). The molecule has 0 unspecified atom stereocenters. The average Bonchev–Trinajstić information content (AvgIpc) is 2.15. The number of fused-ring (bicyclic) bond motifs is 2. The molecule has 0 spiro atoms. The van der Waals surface area contributed by atoms with Crippen molar-refractivity contribution < 1.29 is 4.79 Å². The van der Waals surface area contributed by atoms with Gasteiger partial charge in [0, 0.05) is 6.42 Å². The van der Waals surface area contributed by atoms with Gasteiger partial charge in [-0.1, -0.05) is 20.8 Å². The van der Waals surface area contributed by atoms with Crippen molar-refractivity contribution in [2.45, 2.75) is 53.4 Å². The molecule has 0 amide bonds. The van der Waals surface area contributed by atoms with Crippen LogP contribution in [0.5, 0.6) is 0 Å². The maximum absolute atomic E-state index is 11.0. The van der Waals surface area contributed by atoms with Crippen LogP contribution in [-0.4, -0.2) is 5.78 Å². The van der Waals surface area contributed by atoms with E-state index in [1.807, 2.05) is 0 Å². The molecule has 1 heteroatoms. The second kappa shape index (κ2) is 3.61. The topological polar surface area (TPSA) is 17.1 Å². The van der Waals surface area contributed by atoms with Crippen molar-refractivity contribution in [3.05, 3.63) is 0 Å². The molecule has 4 atom stereocenters. The Kier molecular flexibility index (Phi) is 2.68. The Labute approximate surface area is 93.6 Å². The summed E-state index contributed by atoms with van der Waals surface area (Å²) < 4.78 is 0. The highest BCUT2D eigenvalue weighted by molar-refractivity contribution is 5.75. The fraction of sp³-hybridized carbons (Fsp3) is 0.929. The van der Waals surface area contributed by atoms with Crippen LogP contribution in [0.15, 0.2) is 0 Å². The van der Waals surface area contributed by atoms with Crippen LogP contribution in [0.25, 0.3) is 0 Å². The molecule has 0 saturated heterocycles. The van der Waals surface area contributed by atoms with E-state index in [1.54, 1.807) is 6.92 Å². The molecule has 0 aromatic heterocycles. The van der Waals surface area contributed by atoms with Crippen molar-refractivity contribution in [1.29, 1.82) is 0 Å². The third-order valence-electron chi connectivity index (χ3n) is 5.38. The van der Waals surface area contributed by atoms with E-state index >= 15 is 0 Å². The van der Waals surface area contributed by atoms with Crippen LogP contribution >= 0.6 is 0 Å². The number of Topliss-reactive ketones (excluding diaryl/α,β-unsaturated/α-hetero) is 1. The summed E-state index contributed by atoms with van der Waals surface area (Å²) in [4.78, 5) is 11.0. The highest BCUT2D eigenvalue weighted by atomic mass is 16.1. The summed E-state index contributed by atoms with van der Waals surface area (Å²) in [5.74, 6) is 3.89. The van der Waals surface area contributed by atoms with E-state index in [4.69, 9.17) is 0 Å². The minimum absolute atomic E-state index is 0.362. The Balaban J connectivity index is 1.93. The number of hydrogen-bond donors (Lipinski definition) is 0. The van der Waals surface area contributed by atoms with Crippen LogP contribution in [0, 0.1) is 29.1 Å². The number of ketones is 1. The van der Waals surface area contributed by atoms with Gasteiger partial charge in [0.2, 0.25) is 0 Å². The average molecular weight is 208 g/mol. The first-order valence-corrected chi connectivity index (χ1v) is 6.42. The Bertz CT molecular complexity index is 267. The zero-order valence-corrected chi connectivity index (χ0v) is 10.5. The molecule has 1 nitrogen and oxygen atoms in total. The molecule has 0 aromatic rings. The molecule has 2 bridgehead atoms. The minimum atomic E-state index is 0.362. The molecule has 3 aliphatic rings. The molecule has 0 N–H and O–H groups in total. The molecule has 0 aromatic carbocycles. The van der Waals surface area contributed by atoms with Crippen LogP contribution in [0.1, 0.15) is 53.4 Å². The van der Waals surface area contributed by atoms with Crippen LogP contribution in [-0.2, 0) is 4.79 Å². The van der Waals surface area contributed by atoms with Crippen LogP contribution < -0.4 is 0 Å². The van der Waals surface area contributed by atoms with Crippen LogP contribution in [0.2, 0.25) is 0 Å². The first-order chi connectivity index (χ1) is 6.93. The molecule has 0 radical (unpaired) electrons. The SMILES string of the molecule is CC(=O)CC[C@@H]1C[C@@H]2C[C@H]([C@H]1C)C2(C)C. The molecule has 3 fully saturated rings. The van der Waals surface area contributed by atoms with Crippen molar-refractivity contribution in [1.82, 2.24) is 0 Å². The lowest BCUT2D eigenvalue weighted by molar-refractivity contribution is -0.132. The first kappa shape index (κ1) is 11.2. The van der Waals surface area contributed by atoms with Gasteiger partial charge in [0.15, 0.2) is 0 Å². The quantitative estimate of drug-likeness (QED) is 0.691. The number of carbonyl (C=O) groups is 1. The van der Waals surface area contributed by atoms with E-state index in [-0.39, 0.29) is 0 Å². The zero-order valence-electron chi connectivity index (χ0n) is 10.5. The predicted molar refractivity (Wildman–Crippen MR) is 62.6 cm³/mol. The van der Waals surface area contributed by atoms with Crippen LogP contribution in [0.4, 0.5) is 0 Å². The van der Waals surface area contributed by atoms with E-state index in [1.165, 1.54) is 12.8 Å². The summed E-state index contributed by atoms with van der Waals surface area (Å²) in [5.41, 5.74) is 0.589. The summed E-state index contributed by atoms with van der Waals surface area (Å²) in [5, 5.41) is 0. The van der Waals surface area contributed by atoms with Gasteiger partial charge in [-0.25, -0.2) is 0 Å². The molecular formula is C14H24O. The van der Waals surface area contributed by atoms with Gasteiger partial charge in [-0.2, -0.15) is 0 Å². The second-order valence-corrected chi connectivity index (χ2v) is 6.46. The standard InChI is InChI=1S/C14H24O/c1-9(15)5-6-11-7-12-8-13(10(11)2)14(12,3)4/h10-13H,5-8H2,1-4H3/t10-,11+,12+,13+/m0/s1. The molecule has 3 saturated carbocycles. The van der Waals surface area contributed by atoms with Gasteiger partial charge >= 0.3 is 0 Å². The molecule has 3 aliphatic carbocycles. The Morgan fingerprint density at radius 3 is 2.47 bits per heavy atom. The predicted octanol–water partition coefficient (Wildman–Crippen LogP) is 3.67. The highest BCUT2D eigenvalue weighted by Crippen LogP contribution is 2.63. The minimum Gasteiger partial charge on any atom is -0.300 e. The van der Waals surface area contributed by atoms with E-state index in [0.717, 1.165) is 36.5 Å². The number of rotatable bonds is 3. The molecule has 86 valence electrons. The smallest absolute Gasteiger partial charge is 0.129 e. The van der Waals surface area contributed by atoms with Gasteiger partial charge in [-0.05, 0) is 55.3 Å². The lowest BCUT2D eigenvalue weighted by Crippen LogP contribution is -2.54. The molecule has 15 heavy (non-hydrogen) atoms. The summed E-state index contributed by atoms with van der Waals surface area (Å²) in [7, 11) is 0. The Morgan fingerprint density at radius 1 is 1.33 bits per heavy atom. The van der Waals surface area contributed by atoms with E-state index < -0.39 is 0 Å². The summed E-state index contributed by atoms with van der Waals surface area (Å²) in [6, 6.07) is 0. The molecule has 0 aliphatic heterocycles. The van der Waals surface area contributed by atoms with E-state index in [9.17, 15) is 4.79 Å². The fourth-order valence-corrected chi connectivity index (χ4v) is 4.03. The van der Waals surface area contributed by atoms with E-state index in [2.05, 4.69) is 20.8 Å². The van der Waals surface area contributed by atoms with E-state index in [0.29, 0.717) is 11.2 Å². The van der Waals surface area contributed by atoms with Gasteiger partial charge in [0.25, 0.3) is 0 Å². The lowest BCUT2D eigenvalue weighted by Gasteiger charge is -2.62. The molecule has 0 heterocycles. The first-order valence-electron chi connectivity index (χ1n) is 6.42. The maximum Gasteiger partial charge on any atom is 0.129 e. The second-order valence-electron chi connectivity index (χ2n) is 6.46. The largest absolute Gasteiger partial charge is 0.300 e. The third-order valence-corrected chi connectivity index (χ3v) is 5.38. The maximum atomic E-state index is 11.0. The third kappa shape index (κ3) is 1.74. The fourth-order valence-electron chi connectivity index (χ4n) is 4.03. The Morgan fingerprint density at radius 2 is 2.00 bits per heavy atom. The van der Waals surface area contributed by atoms with Crippen molar-refractivity contribution in [3.63, 3.8) is 0 Å². The number of hydrogen-bond acceptors (Lipinski definition) is 1. The van der Waals surface area contributed by atoms with Gasteiger partial charge in [-0.15, -0.1) is 0 Å². The summed E-state index contributed by atoms with van der Waals surface area (Å²) in [6.45, 7) is 9.00. The van der Waals surface area contributed by atoms with Gasteiger partial charge in [0.1, 0.15) is 5.78 Å². The monoisotopic (exact) mass is 208 g/mol. The normalized spacial score (nSPS) is 42.1. The van der Waals surface area contributed by atoms with Gasteiger partial charge in [-0.3, -0.25) is 0 Å². The van der Waals surface area contributed by atoms with Crippen LogP contribution in [0.3, 0.4) is 0 Å². The summed E-state index contributed by atoms with van der Waals surface area (Å²) in [6.07, 6.45) is 4.76. The number of carbonyl (C=O) groups excluding carboxylic acids is 1. The molecular weight excluding hydrogens is 184 g/mol. The lowest BCUT2D eigenvalue weighted by atomic mass is 9.43. The zero-order chi connectivity index (χ0) is 11.2. The van der Waals surface area contributed by atoms with Crippen molar-refractivity contribution in [2.75, 3.05) is 0 Å². The highest BCUT2D eigenvalue weighted by Gasteiger charge is 2.55. The van der Waals surface area contributed by atoms with Crippen molar-refractivity contribution >= 4 is 5.78 Å². The van der Waals surface area contributed by atoms with Gasteiger partial charge < -0.3 is 4.79 Å². The van der Waals surface area contributed by atoms with Crippen molar-refractivity contribution in [2.24, 2.45) is 29.1 Å². The Hall–Kier alpha value is -0.330.